The Kier molecular flexibility index (Phi) is 8.38. The smallest absolute Gasteiger partial charge is 0.307 e. The van der Waals surface area contributed by atoms with Crippen LogP contribution in [0.2, 0.25) is 5.02 Å². The van der Waals surface area contributed by atoms with Crippen molar-refractivity contribution in [2.24, 2.45) is 5.92 Å². The summed E-state index contributed by atoms with van der Waals surface area (Å²) >= 11 is 7.73. The van der Waals surface area contributed by atoms with Gasteiger partial charge < -0.3 is 10.2 Å². The molecule has 37 heavy (non-hydrogen) atoms. The zero-order valence-corrected chi connectivity index (χ0v) is 22.6. The molecule has 1 heterocycles. The van der Waals surface area contributed by atoms with Crippen LogP contribution in [0.15, 0.2) is 78.9 Å². The number of fused-ring (bicyclic) bond motifs is 1. The van der Waals surface area contributed by atoms with E-state index in [2.05, 4.69) is 12.1 Å². The van der Waals surface area contributed by atoms with Gasteiger partial charge in [0.15, 0.2) is 0 Å². The van der Waals surface area contributed by atoms with Gasteiger partial charge in [0.05, 0.1) is 28.0 Å². The fourth-order valence-electron chi connectivity index (χ4n) is 3.99. The molecule has 0 saturated heterocycles. The van der Waals surface area contributed by atoms with E-state index in [0.29, 0.717) is 10.8 Å². The van der Waals surface area contributed by atoms with E-state index in [1.165, 1.54) is 0 Å². The number of carboxylic acids is 1. The maximum absolute atomic E-state index is 11.5. The summed E-state index contributed by atoms with van der Waals surface area (Å²) in [5, 5.41) is 21.6. The first-order chi connectivity index (χ1) is 17.6. The summed E-state index contributed by atoms with van der Waals surface area (Å²) in [5.74, 6) is -0.811. The molecule has 0 spiro atoms. The maximum atomic E-state index is 11.5. The third-order valence-corrected chi connectivity index (χ3v) is 7.97. The number of halogens is 1. The molecular weight excluding hydrogens is 502 g/mol. The van der Waals surface area contributed by atoms with Crippen LogP contribution in [-0.4, -0.2) is 26.9 Å². The van der Waals surface area contributed by atoms with Crippen LogP contribution in [0.1, 0.15) is 54.0 Å². The Labute approximate surface area is 227 Å². The highest BCUT2D eigenvalue weighted by Gasteiger charge is 2.22. The zero-order valence-electron chi connectivity index (χ0n) is 21.1. The van der Waals surface area contributed by atoms with Gasteiger partial charge in [-0.05, 0) is 60.4 Å². The third kappa shape index (κ3) is 7.01. The van der Waals surface area contributed by atoms with E-state index in [4.69, 9.17) is 16.6 Å². The molecule has 0 saturated carbocycles. The summed E-state index contributed by atoms with van der Waals surface area (Å²) in [6, 6.07) is 25.8. The summed E-state index contributed by atoms with van der Waals surface area (Å²) in [6.07, 6.45) is 4.00. The van der Waals surface area contributed by atoms with Gasteiger partial charge in [0.2, 0.25) is 0 Å². The number of aliphatic hydroxyl groups is 1. The molecule has 4 aromatic rings. The van der Waals surface area contributed by atoms with Gasteiger partial charge in [-0.25, -0.2) is 4.98 Å². The Hall–Kier alpha value is -3.12. The standard InChI is InChI=1S/C31H30ClNO3S/c1-20(30(34)35)19-37-29(24-8-5-9-25(17-24)31(2,3)36)23-7-4-6-21(16-23)10-14-27-15-12-22-11-13-26(32)18-28(22)33-27/h4-18,20,29,36H,19H2,1-3H3,(H,34,35)/b14-10+. The molecule has 0 aliphatic carbocycles. The van der Waals surface area contributed by atoms with Gasteiger partial charge in [-0.2, -0.15) is 0 Å². The topological polar surface area (TPSA) is 70.4 Å². The molecule has 0 aliphatic rings. The number of hydrogen-bond acceptors (Lipinski definition) is 4. The molecule has 4 nitrogen and oxygen atoms in total. The molecule has 2 N–H and O–H groups in total. The number of hydrogen-bond donors (Lipinski definition) is 2. The molecule has 0 radical (unpaired) electrons. The van der Waals surface area contributed by atoms with Crippen molar-refractivity contribution in [1.29, 1.82) is 0 Å². The Bertz CT molecular complexity index is 1440. The summed E-state index contributed by atoms with van der Waals surface area (Å²) in [7, 11) is 0. The number of benzene rings is 3. The van der Waals surface area contributed by atoms with Gasteiger partial charge in [-0.3, -0.25) is 4.79 Å². The van der Waals surface area contributed by atoms with Crippen LogP contribution in [0.4, 0.5) is 0 Å². The average Bonchev–Trinajstić information content (AvgIpc) is 2.87. The monoisotopic (exact) mass is 531 g/mol. The van der Waals surface area contributed by atoms with Crippen molar-refractivity contribution in [3.8, 4) is 0 Å². The minimum atomic E-state index is -0.971. The van der Waals surface area contributed by atoms with Crippen LogP contribution in [0.5, 0.6) is 0 Å². The quantitative estimate of drug-likeness (QED) is 0.230. The summed E-state index contributed by atoms with van der Waals surface area (Å²) in [5.41, 5.74) is 4.63. The largest absolute Gasteiger partial charge is 0.481 e. The van der Waals surface area contributed by atoms with E-state index in [9.17, 15) is 15.0 Å². The second kappa shape index (κ2) is 11.5. The SMILES string of the molecule is CC(CSC(c1cccc(/C=C/c2ccc3ccc(Cl)cc3n2)c1)c1cccc(C(C)(C)O)c1)C(=O)O. The summed E-state index contributed by atoms with van der Waals surface area (Å²) in [6.45, 7) is 5.25. The number of carbonyl (C=O) groups is 1. The van der Waals surface area contributed by atoms with E-state index in [-0.39, 0.29) is 5.25 Å². The van der Waals surface area contributed by atoms with Crippen molar-refractivity contribution in [2.45, 2.75) is 31.6 Å². The number of rotatable bonds is 9. The minimum absolute atomic E-state index is 0.0848. The summed E-state index contributed by atoms with van der Waals surface area (Å²) in [4.78, 5) is 16.2. The number of aromatic nitrogens is 1. The van der Waals surface area contributed by atoms with Gasteiger partial charge in [0.25, 0.3) is 0 Å². The van der Waals surface area contributed by atoms with Gasteiger partial charge >= 0.3 is 5.97 Å². The molecule has 1 aromatic heterocycles. The van der Waals surface area contributed by atoms with Gasteiger partial charge in [-0.1, -0.05) is 85.3 Å². The zero-order chi connectivity index (χ0) is 26.6. The Morgan fingerprint density at radius 1 is 1.00 bits per heavy atom. The molecule has 0 bridgehead atoms. The highest BCUT2D eigenvalue weighted by atomic mass is 35.5. The Balaban J connectivity index is 1.65. The number of carboxylic acid groups (broad SMARTS) is 1. The fraction of sp³-hybridized carbons (Fsp3) is 0.226. The maximum Gasteiger partial charge on any atom is 0.307 e. The van der Waals surface area contributed by atoms with Crippen molar-refractivity contribution in [3.05, 3.63) is 112 Å². The lowest BCUT2D eigenvalue weighted by Crippen LogP contribution is -2.16. The van der Waals surface area contributed by atoms with Crippen LogP contribution in [0.25, 0.3) is 23.1 Å². The van der Waals surface area contributed by atoms with Crippen LogP contribution in [0, 0.1) is 5.92 Å². The number of aliphatic carboxylic acids is 1. The average molecular weight is 532 g/mol. The normalized spacial score (nSPS) is 13.6. The third-order valence-electron chi connectivity index (χ3n) is 6.17. The fourth-order valence-corrected chi connectivity index (χ4v) is 5.45. The Morgan fingerprint density at radius 2 is 1.70 bits per heavy atom. The van der Waals surface area contributed by atoms with E-state index < -0.39 is 17.5 Å². The first-order valence-corrected chi connectivity index (χ1v) is 13.5. The van der Waals surface area contributed by atoms with Crippen LogP contribution >= 0.6 is 23.4 Å². The first-order valence-electron chi connectivity index (χ1n) is 12.1. The predicted molar refractivity (Wildman–Crippen MR) is 155 cm³/mol. The second-order valence-corrected chi connectivity index (χ2v) is 11.3. The van der Waals surface area contributed by atoms with Crippen molar-refractivity contribution in [2.75, 3.05) is 5.75 Å². The minimum Gasteiger partial charge on any atom is -0.481 e. The van der Waals surface area contributed by atoms with E-state index in [1.807, 2.05) is 78.9 Å². The number of nitrogens with zero attached hydrogens (tertiary/aromatic N) is 1. The summed E-state index contributed by atoms with van der Waals surface area (Å²) < 4.78 is 0. The number of pyridine rings is 1. The number of thioether (sulfide) groups is 1. The predicted octanol–water partition coefficient (Wildman–Crippen LogP) is 7.83. The molecule has 0 fully saturated rings. The van der Waals surface area contributed by atoms with E-state index >= 15 is 0 Å². The van der Waals surface area contributed by atoms with Crippen molar-refractivity contribution in [3.63, 3.8) is 0 Å². The lowest BCUT2D eigenvalue weighted by molar-refractivity contribution is -0.140. The van der Waals surface area contributed by atoms with Crippen molar-refractivity contribution < 1.29 is 15.0 Å². The van der Waals surface area contributed by atoms with Crippen LogP contribution in [0.3, 0.4) is 0 Å². The van der Waals surface area contributed by atoms with E-state index in [1.54, 1.807) is 32.5 Å². The second-order valence-electron chi connectivity index (χ2n) is 9.71. The molecule has 0 amide bonds. The molecule has 2 unspecified atom stereocenters. The van der Waals surface area contributed by atoms with Gasteiger partial charge in [0.1, 0.15) is 0 Å². The molecular formula is C31H30ClNO3S. The molecule has 4 rings (SSSR count). The van der Waals surface area contributed by atoms with Crippen LogP contribution in [-0.2, 0) is 10.4 Å². The highest BCUT2D eigenvalue weighted by molar-refractivity contribution is 7.99. The molecule has 0 aliphatic heterocycles. The lowest BCUT2D eigenvalue weighted by atomic mass is 9.94. The van der Waals surface area contributed by atoms with Crippen molar-refractivity contribution >= 4 is 52.4 Å². The molecule has 3 aromatic carbocycles. The first kappa shape index (κ1) is 26.9. The van der Waals surface area contributed by atoms with Gasteiger partial charge in [0, 0.05) is 16.2 Å². The molecule has 2 atom stereocenters. The lowest BCUT2D eigenvalue weighted by Gasteiger charge is -2.23. The van der Waals surface area contributed by atoms with Gasteiger partial charge in [-0.15, -0.1) is 11.8 Å². The molecule has 190 valence electrons. The highest BCUT2D eigenvalue weighted by Crippen LogP contribution is 2.38. The van der Waals surface area contributed by atoms with Crippen molar-refractivity contribution in [1.82, 2.24) is 4.98 Å². The Morgan fingerprint density at radius 3 is 2.43 bits per heavy atom. The molecule has 6 heteroatoms. The van der Waals surface area contributed by atoms with Crippen LogP contribution < -0.4 is 0 Å². The van der Waals surface area contributed by atoms with E-state index in [0.717, 1.165) is 38.9 Å².